The molecule has 0 aliphatic rings. The van der Waals surface area contributed by atoms with E-state index >= 15 is 0 Å². The van der Waals surface area contributed by atoms with Gasteiger partial charge in [-0.3, -0.25) is 14.3 Å². The number of aliphatic hydroxyl groups excluding tert-OH is 1. The highest BCUT2D eigenvalue weighted by Gasteiger charge is 2.09. The average Bonchev–Trinajstić information content (AvgIpc) is 2.85. The average molecular weight is 267 g/mol. The Kier molecular flexibility index (Phi) is 4.11. The number of likely N-dealkylation sites (N-methyl/N-ethyl adjacent to an activating group) is 1. The Morgan fingerprint density at radius 3 is 3.11 bits per heavy atom. The lowest BCUT2D eigenvalue weighted by atomic mass is 10.3. The van der Waals surface area contributed by atoms with E-state index in [4.69, 9.17) is 5.11 Å². The number of thiophene rings is 1. The fourth-order valence-corrected chi connectivity index (χ4v) is 2.46. The highest BCUT2D eigenvalue weighted by atomic mass is 32.1. The van der Waals surface area contributed by atoms with Crippen molar-refractivity contribution in [2.24, 2.45) is 0 Å². The molecule has 2 heterocycles. The quantitative estimate of drug-likeness (QED) is 0.869. The molecule has 5 nitrogen and oxygen atoms in total. The second kappa shape index (κ2) is 5.60. The molecule has 0 aromatic carbocycles. The number of aliphatic hydroxyl groups is 1. The number of hydrogen-bond acceptors (Lipinski definition) is 5. The first-order valence-corrected chi connectivity index (χ1v) is 6.75. The zero-order chi connectivity index (χ0) is 13.1. The molecule has 0 amide bonds. The summed E-state index contributed by atoms with van der Waals surface area (Å²) in [5.41, 5.74) is 0.776. The molecule has 0 spiro atoms. The Hall–Kier alpha value is -1.24. The van der Waals surface area contributed by atoms with Gasteiger partial charge in [0, 0.05) is 19.1 Å². The molecule has 18 heavy (non-hydrogen) atoms. The van der Waals surface area contributed by atoms with Crippen molar-refractivity contribution in [3.05, 3.63) is 28.1 Å². The number of nitrogens with zero attached hydrogens (tertiary/aromatic N) is 3. The number of hydrogen-bond donors (Lipinski definition) is 1. The number of fused-ring (bicyclic) bond motifs is 1. The Morgan fingerprint density at radius 2 is 2.39 bits per heavy atom. The predicted octanol–water partition coefficient (Wildman–Crippen LogP) is 0.771. The molecule has 98 valence electrons. The van der Waals surface area contributed by atoms with Gasteiger partial charge in [-0.1, -0.05) is 0 Å². The molecule has 1 unspecified atom stereocenters. The van der Waals surface area contributed by atoms with Gasteiger partial charge in [-0.25, -0.2) is 4.98 Å². The Labute approximate surface area is 109 Å². The van der Waals surface area contributed by atoms with Crippen LogP contribution in [0.3, 0.4) is 0 Å². The maximum Gasteiger partial charge on any atom is 0.271 e. The molecule has 1 atom stereocenters. The van der Waals surface area contributed by atoms with Crippen LogP contribution in [-0.2, 0) is 6.54 Å². The first-order valence-electron chi connectivity index (χ1n) is 5.87. The first kappa shape index (κ1) is 13.2. The molecule has 0 radical (unpaired) electrons. The fraction of sp³-hybridized carbons (Fsp3) is 0.500. The molecule has 0 aliphatic carbocycles. The SMILES string of the molecule is CC(CO)N(C)CCn1cnc2ccsc2c1=O. The number of aromatic nitrogens is 2. The van der Waals surface area contributed by atoms with Crippen LogP contribution in [0.5, 0.6) is 0 Å². The van der Waals surface area contributed by atoms with Gasteiger partial charge in [-0.05, 0) is 25.4 Å². The van der Waals surface area contributed by atoms with Crippen LogP contribution in [0.4, 0.5) is 0 Å². The van der Waals surface area contributed by atoms with Crippen LogP contribution in [0.1, 0.15) is 6.92 Å². The molecule has 0 bridgehead atoms. The lowest BCUT2D eigenvalue weighted by Gasteiger charge is -2.22. The van der Waals surface area contributed by atoms with Crippen molar-refractivity contribution >= 4 is 21.6 Å². The summed E-state index contributed by atoms with van der Waals surface area (Å²) in [6.45, 7) is 3.36. The summed E-state index contributed by atoms with van der Waals surface area (Å²) < 4.78 is 2.33. The predicted molar refractivity (Wildman–Crippen MR) is 73.1 cm³/mol. The highest BCUT2D eigenvalue weighted by Crippen LogP contribution is 2.13. The smallest absolute Gasteiger partial charge is 0.271 e. The fourth-order valence-electron chi connectivity index (χ4n) is 1.66. The topological polar surface area (TPSA) is 58.4 Å². The van der Waals surface area contributed by atoms with Crippen molar-refractivity contribution in [3.63, 3.8) is 0 Å². The molecule has 0 saturated heterocycles. The summed E-state index contributed by atoms with van der Waals surface area (Å²) in [5, 5.41) is 10.9. The maximum absolute atomic E-state index is 12.1. The molecule has 0 aliphatic heterocycles. The van der Waals surface area contributed by atoms with E-state index in [9.17, 15) is 4.79 Å². The number of rotatable bonds is 5. The minimum absolute atomic E-state index is 0.0139. The first-order chi connectivity index (χ1) is 8.63. The third kappa shape index (κ3) is 2.60. The molecule has 0 fully saturated rings. The Balaban J connectivity index is 2.12. The lowest BCUT2D eigenvalue weighted by molar-refractivity contribution is 0.155. The normalized spacial score (nSPS) is 13.3. The van der Waals surface area contributed by atoms with Crippen LogP contribution in [0.15, 0.2) is 22.6 Å². The van der Waals surface area contributed by atoms with Crippen LogP contribution in [0.2, 0.25) is 0 Å². The van der Waals surface area contributed by atoms with Crippen molar-refractivity contribution in [1.29, 1.82) is 0 Å². The van der Waals surface area contributed by atoms with E-state index in [-0.39, 0.29) is 18.2 Å². The zero-order valence-electron chi connectivity index (χ0n) is 10.5. The van der Waals surface area contributed by atoms with Gasteiger partial charge in [-0.2, -0.15) is 0 Å². The van der Waals surface area contributed by atoms with E-state index in [1.807, 2.05) is 30.3 Å². The third-order valence-corrected chi connectivity index (χ3v) is 4.04. The Bertz CT molecular complexity index is 578. The van der Waals surface area contributed by atoms with E-state index < -0.39 is 0 Å². The third-order valence-electron chi connectivity index (χ3n) is 3.15. The highest BCUT2D eigenvalue weighted by molar-refractivity contribution is 7.17. The summed E-state index contributed by atoms with van der Waals surface area (Å²) in [6, 6.07) is 1.95. The summed E-state index contributed by atoms with van der Waals surface area (Å²) in [4.78, 5) is 18.4. The van der Waals surface area contributed by atoms with Crippen LogP contribution < -0.4 is 5.56 Å². The van der Waals surface area contributed by atoms with Crippen LogP contribution in [0, 0.1) is 0 Å². The molecule has 2 rings (SSSR count). The summed E-state index contributed by atoms with van der Waals surface area (Å²) in [7, 11) is 1.93. The van der Waals surface area contributed by atoms with Gasteiger partial charge in [0.25, 0.3) is 5.56 Å². The van der Waals surface area contributed by atoms with Crippen LogP contribution in [0.25, 0.3) is 10.2 Å². The minimum Gasteiger partial charge on any atom is -0.395 e. The summed E-state index contributed by atoms with van der Waals surface area (Å²) in [5.74, 6) is 0. The second-order valence-corrected chi connectivity index (χ2v) is 5.31. The standard InChI is InChI=1S/C12H17N3O2S/c1-9(7-16)14(2)4-5-15-8-13-10-3-6-18-11(10)12(15)17/h3,6,8-9,16H,4-5,7H2,1-2H3. The zero-order valence-corrected chi connectivity index (χ0v) is 11.4. The van der Waals surface area contributed by atoms with Crippen molar-refractivity contribution in [2.45, 2.75) is 19.5 Å². The molecule has 0 saturated carbocycles. The molecule has 1 N–H and O–H groups in total. The molecular weight excluding hydrogens is 250 g/mol. The molecule has 2 aromatic heterocycles. The maximum atomic E-state index is 12.1. The molecular formula is C12H17N3O2S. The van der Waals surface area contributed by atoms with Crippen molar-refractivity contribution in [3.8, 4) is 0 Å². The van der Waals surface area contributed by atoms with E-state index in [2.05, 4.69) is 4.98 Å². The molecule has 2 aromatic rings. The van der Waals surface area contributed by atoms with Crippen molar-refractivity contribution < 1.29 is 5.11 Å². The largest absolute Gasteiger partial charge is 0.395 e. The van der Waals surface area contributed by atoms with E-state index in [0.29, 0.717) is 17.8 Å². The van der Waals surface area contributed by atoms with Crippen LogP contribution >= 0.6 is 11.3 Å². The van der Waals surface area contributed by atoms with Crippen molar-refractivity contribution in [1.82, 2.24) is 14.5 Å². The van der Waals surface area contributed by atoms with Gasteiger partial charge >= 0.3 is 0 Å². The second-order valence-electron chi connectivity index (χ2n) is 4.39. The monoisotopic (exact) mass is 267 g/mol. The molecule has 6 heteroatoms. The lowest BCUT2D eigenvalue weighted by Crippen LogP contribution is -2.36. The van der Waals surface area contributed by atoms with E-state index in [1.165, 1.54) is 11.3 Å². The van der Waals surface area contributed by atoms with Gasteiger partial charge in [0.15, 0.2) is 0 Å². The summed E-state index contributed by atoms with van der Waals surface area (Å²) >= 11 is 1.42. The van der Waals surface area contributed by atoms with Gasteiger partial charge in [0.1, 0.15) is 4.70 Å². The van der Waals surface area contributed by atoms with Gasteiger partial charge < -0.3 is 5.11 Å². The summed E-state index contributed by atoms with van der Waals surface area (Å²) in [6.07, 6.45) is 1.59. The van der Waals surface area contributed by atoms with E-state index in [0.717, 1.165) is 5.52 Å². The minimum atomic E-state index is 0.0139. The Morgan fingerprint density at radius 1 is 1.61 bits per heavy atom. The van der Waals surface area contributed by atoms with Gasteiger partial charge in [0.05, 0.1) is 18.5 Å². The van der Waals surface area contributed by atoms with Gasteiger partial charge in [-0.15, -0.1) is 11.3 Å². The van der Waals surface area contributed by atoms with Crippen molar-refractivity contribution in [2.75, 3.05) is 20.2 Å². The van der Waals surface area contributed by atoms with E-state index in [1.54, 1.807) is 10.9 Å². The van der Waals surface area contributed by atoms with Gasteiger partial charge in [0.2, 0.25) is 0 Å². The van der Waals surface area contributed by atoms with Crippen LogP contribution in [-0.4, -0.2) is 45.8 Å².